The molecule has 350 valence electrons. The quantitative estimate of drug-likeness (QED) is 0.0472. The van der Waals surface area contributed by atoms with Gasteiger partial charge in [0, 0.05) is 82.3 Å². The zero-order valence-corrected chi connectivity index (χ0v) is 36.3. The number of nitrogens with zero attached hydrogens (tertiary/aromatic N) is 6. The molecule has 4 heterocycles. The van der Waals surface area contributed by atoms with Crippen molar-refractivity contribution in [2.75, 3.05) is 94.8 Å². The number of amides is 6. The van der Waals surface area contributed by atoms with Gasteiger partial charge in [-0.2, -0.15) is 4.98 Å². The Kier molecular flexibility index (Phi) is 14.9. The third-order valence-electron chi connectivity index (χ3n) is 11.2. The molecule has 1 unspecified atom stereocenters. The van der Waals surface area contributed by atoms with Crippen molar-refractivity contribution in [3.8, 4) is 16.9 Å². The summed E-state index contributed by atoms with van der Waals surface area (Å²) in [6.07, 6.45) is -2.13. The maximum Gasteiger partial charge on any atom is 0.279 e. The largest absolute Gasteiger partial charge is 0.507 e. The van der Waals surface area contributed by atoms with Crippen molar-refractivity contribution >= 4 is 75.4 Å². The topological polar surface area (TPSA) is 256 Å². The van der Waals surface area contributed by atoms with E-state index in [-0.39, 0.29) is 136 Å². The number of phenolic OH excluding ortho intramolecular Hbond substituents is 1. The van der Waals surface area contributed by atoms with Gasteiger partial charge in [0.15, 0.2) is 5.82 Å². The van der Waals surface area contributed by atoms with Crippen molar-refractivity contribution < 1.29 is 62.3 Å². The number of likely N-dealkylation sites (N-methyl/N-ethyl adjacent to an activating group) is 1. The van der Waals surface area contributed by atoms with Crippen molar-refractivity contribution in [2.24, 2.45) is 0 Å². The van der Waals surface area contributed by atoms with Crippen molar-refractivity contribution in [3.05, 3.63) is 70.2 Å². The number of piperazine rings is 1. The van der Waals surface area contributed by atoms with E-state index in [2.05, 4.69) is 25.9 Å². The van der Waals surface area contributed by atoms with Crippen LogP contribution in [-0.2, 0) is 28.7 Å². The van der Waals surface area contributed by atoms with Crippen molar-refractivity contribution in [3.63, 3.8) is 0 Å². The number of benzene rings is 3. The molecule has 4 aromatic rings. The number of rotatable bonds is 18. The number of ether oxygens (including phenoxy) is 2. The van der Waals surface area contributed by atoms with Crippen LogP contribution >= 0.6 is 11.6 Å². The fourth-order valence-corrected chi connectivity index (χ4v) is 8.12. The van der Waals surface area contributed by atoms with Crippen LogP contribution in [0.3, 0.4) is 0 Å². The van der Waals surface area contributed by atoms with E-state index in [0.717, 1.165) is 11.0 Å². The molecule has 0 saturated carbocycles. The van der Waals surface area contributed by atoms with Gasteiger partial charge >= 0.3 is 0 Å². The molecule has 1 aromatic heterocycles. The highest BCUT2D eigenvalue weighted by Gasteiger charge is 2.45. The van der Waals surface area contributed by atoms with Crippen molar-refractivity contribution in [2.45, 2.75) is 31.6 Å². The van der Waals surface area contributed by atoms with E-state index in [0.29, 0.717) is 5.69 Å². The number of hydrogen-bond acceptors (Lipinski definition) is 16. The Labute approximate surface area is 380 Å². The van der Waals surface area contributed by atoms with Crippen LogP contribution < -0.4 is 20.9 Å². The lowest BCUT2D eigenvalue weighted by atomic mass is 10.0. The summed E-state index contributed by atoms with van der Waals surface area (Å²) in [5.74, 6) is -5.87. The minimum Gasteiger partial charge on any atom is -0.507 e. The second kappa shape index (κ2) is 20.7. The zero-order chi connectivity index (χ0) is 47.2. The molecule has 66 heavy (non-hydrogen) atoms. The van der Waals surface area contributed by atoms with E-state index in [9.17, 15) is 48.5 Å². The lowest BCUT2D eigenvalue weighted by Gasteiger charge is -2.36. The highest BCUT2D eigenvalue weighted by Crippen LogP contribution is 2.42. The molecule has 1 atom stereocenters. The van der Waals surface area contributed by atoms with E-state index in [1.807, 2.05) is 0 Å². The zero-order valence-electron chi connectivity index (χ0n) is 35.5. The van der Waals surface area contributed by atoms with Gasteiger partial charge in [-0.15, -0.1) is 0 Å². The number of anilines is 3. The van der Waals surface area contributed by atoms with Gasteiger partial charge in [-0.1, -0.05) is 23.7 Å². The van der Waals surface area contributed by atoms with Crippen LogP contribution in [0.1, 0.15) is 40.0 Å². The minimum atomic E-state index is -2.18. The molecule has 3 aliphatic rings. The summed E-state index contributed by atoms with van der Waals surface area (Å²) in [7, 11) is 1.60. The van der Waals surface area contributed by atoms with E-state index in [1.165, 1.54) is 34.1 Å². The standard InChI is InChI=1S/C43H46ClF2N9O11/c1-52(17-19-66-21-20-65-18-12-47-27-6-2-4-23-32(27)40(61)55(39(23)60)28-8-9-30(57)49-38(28)59)31(58)10-11-48-43-50-36-24(37(51-43)53-13-15-54(16-14-53)41(62)42(63)64)22-25(44)33(35(36)46)34-26(45)5-3-7-29(34)56/h2-7,22,28,42,47,56,63-64H,8-21H2,1H3,(H,48,50,51)(H,49,57,59). The van der Waals surface area contributed by atoms with Gasteiger partial charge in [-0.3, -0.25) is 39.0 Å². The monoisotopic (exact) mass is 937 g/mol. The van der Waals surface area contributed by atoms with Crippen LogP contribution in [0.4, 0.5) is 26.2 Å². The molecule has 2 saturated heterocycles. The van der Waals surface area contributed by atoms with Gasteiger partial charge in [0.05, 0.1) is 48.1 Å². The number of phenols is 1. The predicted octanol–water partition coefficient (Wildman–Crippen LogP) is 1.70. The highest BCUT2D eigenvalue weighted by atomic mass is 35.5. The maximum absolute atomic E-state index is 16.4. The van der Waals surface area contributed by atoms with Gasteiger partial charge in [0.25, 0.3) is 17.7 Å². The average Bonchev–Trinajstić information content (AvgIpc) is 3.54. The first-order valence-corrected chi connectivity index (χ1v) is 21.3. The lowest BCUT2D eigenvalue weighted by Crippen LogP contribution is -2.54. The van der Waals surface area contributed by atoms with Gasteiger partial charge in [-0.25, -0.2) is 13.8 Å². The van der Waals surface area contributed by atoms with Crippen molar-refractivity contribution in [1.82, 2.24) is 30.0 Å². The molecule has 23 heteroatoms. The van der Waals surface area contributed by atoms with E-state index < -0.39 is 70.4 Å². The minimum absolute atomic E-state index is 0.0182. The number of piperidine rings is 1. The Morgan fingerprint density at radius 1 is 0.924 bits per heavy atom. The van der Waals surface area contributed by atoms with Crippen molar-refractivity contribution in [1.29, 1.82) is 0 Å². The average molecular weight is 938 g/mol. The maximum atomic E-state index is 16.4. The van der Waals surface area contributed by atoms with Gasteiger partial charge in [0.1, 0.15) is 28.9 Å². The Morgan fingerprint density at radius 3 is 2.36 bits per heavy atom. The molecule has 7 rings (SSSR count). The second-order valence-electron chi connectivity index (χ2n) is 15.5. The number of aromatic hydroxyl groups is 1. The number of carbonyl (C=O) groups excluding carboxylic acids is 6. The summed E-state index contributed by atoms with van der Waals surface area (Å²) in [5, 5.41) is 37.3. The molecule has 20 nitrogen and oxygen atoms in total. The molecule has 6 N–H and O–H groups in total. The second-order valence-corrected chi connectivity index (χ2v) is 15.9. The molecular formula is C43H46ClF2N9O11. The number of imide groups is 2. The van der Waals surface area contributed by atoms with Crippen LogP contribution in [0.25, 0.3) is 22.0 Å². The Balaban J connectivity index is 0.879. The highest BCUT2D eigenvalue weighted by molar-refractivity contribution is 6.34. The lowest BCUT2D eigenvalue weighted by molar-refractivity contribution is -0.159. The number of fused-ring (bicyclic) bond motifs is 2. The predicted molar refractivity (Wildman–Crippen MR) is 233 cm³/mol. The fraction of sp³-hybridized carbons (Fsp3) is 0.395. The van der Waals surface area contributed by atoms with Crippen LogP contribution in [-0.4, -0.2) is 167 Å². The first-order valence-electron chi connectivity index (χ1n) is 21.0. The molecule has 0 bridgehead atoms. The van der Waals surface area contributed by atoms with E-state index >= 15 is 4.39 Å². The van der Waals surface area contributed by atoms with Gasteiger partial charge in [-0.05, 0) is 36.8 Å². The summed E-state index contributed by atoms with van der Waals surface area (Å²) < 4.78 is 42.7. The summed E-state index contributed by atoms with van der Waals surface area (Å²) in [6, 6.07) is 8.55. The van der Waals surface area contributed by atoms with Gasteiger partial charge in [0.2, 0.25) is 30.0 Å². The van der Waals surface area contributed by atoms with Crippen LogP contribution in [0.2, 0.25) is 5.02 Å². The molecule has 0 radical (unpaired) electrons. The summed E-state index contributed by atoms with van der Waals surface area (Å²) in [4.78, 5) is 89.8. The smallest absolute Gasteiger partial charge is 0.279 e. The summed E-state index contributed by atoms with van der Waals surface area (Å²) in [5.41, 5.74) is -0.432. The molecule has 3 aromatic carbocycles. The molecule has 0 spiro atoms. The first-order chi connectivity index (χ1) is 31.7. The number of aromatic nitrogens is 2. The summed E-state index contributed by atoms with van der Waals surface area (Å²) >= 11 is 6.52. The van der Waals surface area contributed by atoms with Gasteiger partial charge < -0.3 is 50.1 Å². The van der Waals surface area contributed by atoms with E-state index in [1.54, 1.807) is 24.1 Å². The third-order valence-corrected chi connectivity index (χ3v) is 11.5. The Morgan fingerprint density at radius 2 is 1.65 bits per heavy atom. The number of aliphatic hydroxyl groups excluding tert-OH is 1. The molecule has 2 fully saturated rings. The van der Waals surface area contributed by atoms with Crippen LogP contribution in [0, 0.1) is 11.6 Å². The molecule has 3 aliphatic heterocycles. The first kappa shape index (κ1) is 47.4. The number of nitrogens with one attached hydrogen (secondary N) is 3. The number of hydrogen-bond donors (Lipinski definition) is 6. The number of aliphatic hydroxyl groups is 2. The molecule has 0 aliphatic carbocycles. The SMILES string of the molecule is CN(CCOCCOCCNc1cccc2c1C(=O)N(C1CCC(=O)NC1=O)C2=O)C(=O)CCNc1nc(N2CCN(C(=O)C(O)O)CC2)c2cc(Cl)c(-c3c(O)cccc3F)c(F)c2n1. The fourth-order valence-electron chi connectivity index (χ4n) is 7.83. The van der Waals surface area contributed by atoms with Crippen LogP contribution in [0.5, 0.6) is 5.75 Å². The van der Waals surface area contributed by atoms with E-state index in [4.69, 9.17) is 21.1 Å². The molecule has 6 amide bonds. The Hall–Kier alpha value is -6.59. The number of carbonyl (C=O) groups is 6. The summed E-state index contributed by atoms with van der Waals surface area (Å²) in [6.45, 7) is 1.90. The third kappa shape index (κ3) is 10.1. The molecular weight excluding hydrogens is 892 g/mol. The number of halogens is 3. The Bertz CT molecular complexity index is 2540. The normalized spacial score (nSPS) is 16.3. The van der Waals surface area contributed by atoms with Crippen LogP contribution in [0.15, 0.2) is 42.5 Å².